The number of carbonyl (C=O) groups is 1. The fraction of sp³-hybridized carbons (Fsp3) is 0.462. The Kier molecular flexibility index (Phi) is 6.49. The maximum Gasteiger partial charge on any atom is 0.282 e. The molecule has 5 nitrogen and oxygen atoms in total. The fourth-order valence-corrected chi connectivity index (χ4v) is 2.08. The first-order valence-electron chi connectivity index (χ1n) is 6.15. The highest BCUT2D eigenvalue weighted by molar-refractivity contribution is 9.09. The summed E-state index contributed by atoms with van der Waals surface area (Å²) < 4.78 is 0. The molecule has 0 heterocycles. The number of nitrogens with one attached hydrogen (secondary N) is 1. The lowest BCUT2D eigenvalue weighted by Crippen LogP contribution is -2.25. The van der Waals surface area contributed by atoms with Crippen LogP contribution in [0.2, 0.25) is 0 Å². The largest absolute Gasteiger partial charge is 0.352 e. The summed E-state index contributed by atoms with van der Waals surface area (Å²) in [6.07, 6.45) is 2.94. The van der Waals surface area contributed by atoms with E-state index in [1.165, 1.54) is 6.07 Å². The SMILES string of the molecule is Cc1ccc([N+](=O)[O-])c(C(=O)NCCCCCBr)c1. The lowest BCUT2D eigenvalue weighted by molar-refractivity contribution is -0.385. The van der Waals surface area contributed by atoms with Crippen molar-refractivity contribution in [2.75, 3.05) is 11.9 Å². The Morgan fingerprint density at radius 1 is 1.37 bits per heavy atom. The van der Waals surface area contributed by atoms with Gasteiger partial charge in [-0.05, 0) is 31.4 Å². The highest BCUT2D eigenvalue weighted by atomic mass is 79.9. The first-order valence-corrected chi connectivity index (χ1v) is 7.27. The van der Waals surface area contributed by atoms with Gasteiger partial charge in [-0.2, -0.15) is 0 Å². The van der Waals surface area contributed by atoms with Crippen molar-refractivity contribution in [3.63, 3.8) is 0 Å². The third kappa shape index (κ3) is 4.98. The number of alkyl halides is 1. The number of nitro benzene ring substituents is 1. The molecule has 19 heavy (non-hydrogen) atoms. The van der Waals surface area contributed by atoms with Crippen LogP contribution in [-0.2, 0) is 0 Å². The lowest BCUT2D eigenvalue weighted by Gasteiger charge is -2.06. The predicted octanol–water partition coefficient (Wildman–Crippen LogP) is 3.20. The lowest BCUT2D eigenvalue weighted by atomic mass is 10.1. The second kappa shape index (κ2) is 7.89. The molecule has 0 bridgehead atoms. The number of unbranched alkanes of at least 4 members (excludes halogenated alkanes) is 2. The van der Waals surface area contributed by atoms with Crippen molar-refractivity contribution in [3.8, 4) is 0 Å². The van der Waals surface area contributed by atoms with Crippen LogP contribution in [0.4, 0.5) is 5.69 Å². The Morgan fingerprint density at radius 2 is 2.11 bits per heavy atom. The van der Waals surface area contributed by atoms with Crippen molar-refractivity contribution < 1.29 is 9.72 Å². The van der Waals surface area contributed by atoms with E-state index in [2.05, 4.69) is 21.2 Å². The number of hydrogen-bond acceptors (Lipinski definition) is 3. The molecule has 0 radical (unpaired) electrons. The molecule has 0 saturated carbocycles. The molecule has 1 aromatic rings. The minimum Gasteiger partial charge on any atom is -0.352 e. The van der Waals surface area contributed by atoms with Crippen LogP contribution in [0.1, 0.15) is 35.2 Å². The summed E-state index contributed by atoms with van der Waals surface area (Å²) in [5.74, 6) is -0.380. The Hall–Kier alpha value is -1.43. The molecule has 1 amide bonds. The molecule has 6 heteroatoms. The van der Waals surface area contributed by atoms with Gasteiger partial charge in [0.15, 0.2) is 0 Å². The smallest absolute Gasteiger partial charge is 0.282 e. The van der Waals surface area contributed by atoms with E-state index < -0.39 is 4.92 Å². The predicted molar refractivity (Wildman–Crippen MR) is 77.8 cm³/mol. The van der Waals surface area contributed by atoms with E-state index in [0.717, 1.165) is 30.2 Å². The summed E-state index contributed by atoms with van der Waals surface area (Å²) in [7, 11) is 0. The van der Waals surface area contributed by atoms with Gasteiger partial charge in [-0.25, -0.2) is 0 Å². The van der Waals surface area contributed by atoms with Crippen molar-refractivity contribution in [1.29, 1.82) is 0 Å². The number of amides is 1. The molecule has 104 valence electrons. The molecular formula is C13H17BrN2O3. The quantitative estimate of drug-likeness (QED) is 0.361. The Bertz CT molecular complexity index is 463. The minimum absolute atomic E-state index is 0.130. The van der Waals surface area contributed by atoms with E-state index in [1.54, 1.807) is 19.1 Å². The van der Waals surface area contributed by atoms with Gasteiger partial charge in [0.25, 0.3) is 11.6 Å². The van der Waals surface area contributed by atoms with E-state index in [9.17, 15) is 14.9 Å². The van der Waals surface area contributed by atoms with Gasteiger partial charge in [0, 0.05) is 17.9 Å². The van der Waals surface area contributed by atoms with E-state index in [-0.39, 0.29) is 17.2 Å². The zero-order chi connectivity index (χ0) is 14.3. The van der Waals surface area contributed by atoms with Gasteiger partial charge in [0.1, 0.15) is 5.56 Å². The number of benzene rings is 1. The molecule has 0 aliphatic carbocycles. The highest BCUT2D eigenvalue weighted by Gasteiger charge is 2.19. The number of nitrogens with zero attached hydrogens (tertiary/aromatic N) is 1. The summed E-state index contributed by atoms with van der Waals surface area (Å²) in [5, 5.41) is 14.5. The molecule has 0 unspecified atom stereocenters. The number of aryl methyl sites for hydroxylation is 1. The molecule has 0 fully saturated rings. The van der Waals surface area contributed by atoms with Gasteiger partial charge >= 0.3 is 0 Å². The van der Waals surface area contributed by atoms with E-state index in [1.807, 2.05) is 0 Å². The molecule has 1 aromatic carbocycles. The number of rotatable bonds is 7. The number of hydrogen-bond donors (Lipinski definition) is 1. The van der Waals surface area contributed by atoms with Gasteiger partial charge < -0.3 is 5.32 Å². The maximum atomic E-state index is 11.9. The summed E-state index contributed by atoms with van der Waals surface area (Å²) in [6.45, 7) is 2.34. The van der Waals surface area contributed by atoms with Crippen LogP contribution in [-0.4, -0.2) is 22.7 Å². The van der Waals surface area contributed by atoms with Crippen LogP contribution in [0.3, 0.4) is 0 Å². The van der Waals surface area contributed by atoms with Crippen molar-refractivity contribution in [2.24, 2.45) is 0 Å². The van der Waals surface area contributed by atoms with Crippen molar-refractivity contribution in [1.82, 2.24) is 5.32 Å². The Morgan fingerprint density at radius 3 is 2.74 bits per heavy atom. The molecule has 0 saturated heterocycles. The third-order valence-electron chi connectivity index (χ3n) is 2.69. The molecule has 1 N–H and O–H groups in total. The van der Waals surface area contributed by atoms with Crippen LogP contribution in [0.15, 0.2) is 18.2 Å². The minimum atomic E-state index is -0.529. The van der Waals surface area contributed by atoms with Gasteiger partial charge in [-0.1, -0.05) is 28.4 Å². The van der Waals surface area contributed by atoms with Gasteiger partial charge in [-0.3, -0.25) is 14.9 Å². The normalized spacial score (nSPS) is 10.2. The van der Waals surface area contributed by atoms with Gasteiger partial charge in [0.2, 0.25) is 0 Å². The molecule has 0 aromatic heterocycles. The molecule has 0 spiro atoms. The van der Waals surface area contributed by atoms with Gasteiger partial charge in [0.05, 0.1) is 4.92 Å². The highest BCUT2D eigenvalue weighted by Crippen LogP contribution is 2.19. The Labute approximate surface area is 120 Å². The van der Waals surface area contributed by atoms with Crippen molar-refractivity contribution >= 4 is 27.5 Å². The molecular weight excluding hydrogens is 312 g/mol. The summed E-state index contributed by atoms with van der Waals surface area (Å²) in [4.78, 5) is 22.3. The van der Waals surface area contributed by atoms with Crippen molar-refractivity contribution in [3.05, 3.63) is 39.4 Å². The average Bonchev–Trinajstić information content (AvgIpc) is 2.37. The van der Waals surface area contributed by atoms with Crippen LogP contribution in [0, 0.1) is 17.0 Å². The fourth-order valence-electron chi connectivity index (χ4n) is 1.68. The van der Waals surface area contributed by atoms with E-state index >= 15 is 0 Å². The van der Waals surface area contributed by atoms with E-state index in [4.69, 9.17) is 0 Å². The zero-order valence-electron chi connectivity index (χ0n) is 10.8. The summed E-state index contributed by atoms with van der Waals surface area (Å²) in [5.41, 5.74) is 0.809. The number of halogens is 1. The first-order chi connectivity index (χ1) is 9.06. The Balaban J connectivity index is 2.65. The topological polar surface area (TPSA) is 72.2 Å². The summed E-state index contributed by atoms with van der Waals surface area (Å²) in [6, 6.07) is 4.55. The van der Waals surface area contributed by atoms with Crippen LogP contribution >= 0.6 is 15.9 Å². The van der Waals surface area contributed by atoms with Crippen molar-refractivity contribution in [2.45, 2.75) is 26.2 Å². The monoisotopic (exact) mass is 328 g/mol. The standard InChI is InChI=1S/C13H17BrN2O3/c1-10-5-6-12(16(18)19)11(9-10)13(17)15-8-4-2-3-7-14/h5-6,9H,2-4,7-8H2,1H3,(H,15,17). The zero-order valence-corrected chi connectivity index (χ0v) is 12.4. The number of carbonyl (C=O) groups excluding carboxylic acids is 1. The molecule has 0 aliphatic heterocycles. The average molecular weight is 329 g/mol. The number of nitro groups is 1. The third-order valence-corrected chi connectivity index (χ3v) is 3.25. The second-order valence-electron chi connectivity index (χ2n) is 4.28. The molecule has 0 atom stereocenters. The van der Waals surface area contributed by atoms with E-state index in [0.29, 0.717) is 6.54 Å². The molecule has 1 rings (SSSR count). The maximum absolute atomic E-state index is 11.9. The molecule has 0 aliphatic rings. The summed E-state index contributed by atoms with van der Waals surface area (Å²) >= 11 is 3.34. The van der Waals surface area contributed by atoms with Crippen LogP contribution in [0.25, 0.3) is 0 Å². The second-order valence-corrected chi connectivity index (χ2v) is 5.08. The first kappa shape index (κ1) is 15.6. The van der Waals surface area contributed by atoms with Crippen LogP contribution in [0.5, 0.6) is 0 Å². The van der Waals surface area contributed by atoms with Gasteiger partial charge in [-0.15, -0.1) is 0 Å². The van der Waals surface area contributed by atoms with Crippen LogP contribution < -0.4 is 5.32 Å².